The molecule has 0 saturated heterocycles. The molecule has 1 aliphatic rings. The van der Waals surface area contributed by atoms with Crippen molar-refractivity contribution in [2.24, 2.45) is 0 Å². The Balaban J connectivity index is 1.55. The van der Waals surface area contributed by atoms with Gasteiger partial charge in [-0.15, -0.1) is 0 Å². The molecular formula is C25H25FN4O2. The van der Waals surface area contributed by atoms with E-state index in [0.29, 0.717) is 37.4 Å². The van der Waals surface area contributed by atoms with E-state index in [2.05, 4.69) is 9.97 Å². The minimum atomic E-state index is -0.317. The highest BCUT2D eigenvalue weighted by atomic mass is 19.1. The summed E-state index contributed by atoms with van der Waals surface area (Å²) in [6.45, 7) is 2.46. The number of amides is 2. The number of hydrogen-bond donors (Lipinski definition) is 0. The number of carbonyl (C=O) groups is 2. The summed E-state index contributed by atoms with van der Waals surface area (Å²) < 4.78 is 13.3. The first-order chi connectivity index (χ1) is 15.4. The molecule has 3 aromatic rings. The Kier molecular flexibility index (Phi) is 6.25. The van der Waals surface area contributed by atoms with E-state index in [9.17, 15) is 14.0 Å². The molecule has 0 spiro atoms. The van der Waals surface area contributed by atoms with Gasteiger partial charge in [-0.2, -0.15) is 0 Å². The van der Waals surface area contributed by atoms with Crippen LogP contribution in [0, 0.1) is 12.7 Å². The van der Waals surface area contributed by atoms with Crippen molar-refractivity contribution in [2.75, 3.05) is 11.9 Å². The van der Waals surface area contributed by atoms with Gasteiger partial charge in [-0.25, -0.2) is 14.4 Å². The number of fused-ring (bicyclic) bond motifs is 1. The Morgan fingerprint density at radius 3 is 2.47 bits per heavy atom. The van der Waals surface area contributed by atoms with Crippen LogP contribution in [0.15, 0.2) is 54.6 Å². The van der Waals surface area contributed by atoms with E-state index in [4.69, 9.17) is 0 Å². The third-order valence-corrected chi connectivity index (χ3v) is 5.64. The van der Waals surface area contributed by atoms with Crippen molar-refractivity contribution in [3.05, 3.63) is 88.6 Å². The lowest BCUT2D eigenvalue weighted by molar-refractivity contribution is -0.129. The van der Waals surface area contributed by atoms with E-state index < -0.39 is 0 Å². The van der Waals surface area contributed by atoms with Crippen LogP contribution >= 0.6 is 0 Å². The third kappa shape index (κ3) is 4.82. The molecule has 2 amide bonds. The van der Waals surface area contributed by atoms with Crippen molar-refractivity contribution in [1.29, 1.82) is 0 Å². The summed E-state index contributed by atoms with van der Waals surface area (Å²) in [5, 5.41) is 0. The highest BCUT2D eigenvalue weighted by Crippen LogP contribution is 2.29. The van der Waals surface area contributed by atoms with E-state index >= 15 is 0 Å². The summed E-state index contributed by atoms with van der Waals surface area (Å²) in [5.41, 5.74) is 3.52. The Hall–Kier alpha value is -3.61. The summed E-state index contributed by atoms with van der Waals surface area (Å²) in [6, 6.07) is 15.7. The fourth-order valence-corrected chi connectivity index (χ4v) is 3.85. The number of likely N-dealkylation sites (N-methyl/N-ethyl adjacent to an activating group) is 1. The van der Waals surface area contributed by atoms with Crippen LogP contribution in [0.3, 0.4) is 0 Å². The topological polar surface area (TPSA) is 66.4 Å². The minimum Gasteiger partial charge on any atom is -0.338 e. The fourth-order valence-electron chi connectivity index (χ4n) is 3.85. The van der Waals surface area contributed by atoms with Gasteiger partial charge in [-0.05, 0) is 36.6 Å². The van der Waals surface area contributed by atoms with Gasteiger partial charge in [0, 0.05) is 24.7 Å². The average Bonchev–Trinajstić information content (AvgIpc) is 2.78. The quantitative estimate of drug-likeness (QED) is 0.597. The van der Waals surface area contributed by atoms with Gasteiger partial charge in [0.15, 0.2) is 0 Å². The molecule has 0 unspecified atom stereocenters. The summed E-state index contributed by atoms with van der Waals surface area (Å²) in [7, 11) is 1.73. The molecule has 4 rings (SSSR count). The molecule has 0 N–H and O–H groups in total. The second-order valence-corrected chi connectivity index (χ2v) is 8.05. The second kappa shape index (κ2) is 9.26. The van der Waals surface area contributed by atoms with E-state index in [0.717, 1.165) is 22.4 Å². The van der Waals surface area contributed by atoms with Gasteiger partial charge in [0.2, 0.25) is 11.8 Å². The number of rotatable bonds is 6. The van der Waals surface area contributed by atoms with Crippen LogP contribution in [0.1, 0.15) is 34.6 Å². The summed E-state index contributed by atoms with van der Waals surface area (Å²) >= 11 is 0. The Morgan fingerprint density at radius 2 is 1.75 bits per heavy atom. The van der Waals surface area contributed by atoms with Crippen LogP contribution < -0.4 is 4.90 Å². The number of anilines is 1. The van der Waals surface area contributed by atoms with Crippen LogP contribution in [0.4, 0.5) is 10.2 Å². The van der Waals surface area contributed by atoms with Gasteiger partial charge < -0.3 is 4.90 Å². The molecule has 1 aliphatic heterocycles. The first-order valence-electron chi connectivity index (χ1n) is 10.6. The van der Waals surface area contributed by atoms with Gasteiger partial charge in [-0.3, -0.25) is 14.5 Å². The number of aromatic nitrogens is 2. The summed E-state index contributed by atoms with van der Waals surface area (Å²) in [4.78, 5) is 37.9. The minimum absolute atomic E-state index is 0.0283. The van der Waals surface area contributed by atoms with E-state index in [-0.39, 0.29) is 24.2 Å². The zero-order valence-electron chi connectivity index (χ0n) is 18.2. The summed E-state index contributed by atoms with van der Waals surface area (Å²) in [5.74, 6) is 0.692. The predicted molar refractivity (Wildman–Crippen MR) is 119 cm³/mol. The molecule has 32 heavy (non-hydrogen) atoms. The van der Waals surface area contributed by atoms with Crippen molar-refractivity contribution in [3.8, 4) is 0 Å². The number of aryl methyl sites for hydroxylation is 1. The smallest absolute Gasteiger partial charge is 0.228 e. The van der Waals surface area contributed by atoms with E-state index in [1.807, 2.05) is 37.3 Å². The van der Waals surface area contributed by atoms with Crippen molar-refractivity contribution in [1.82, 2.24) is 14.9 Å². The third-order valence-electron chi connectivity index (χ3n) is 5.64. The highest BCUT2D eigenvalue weighted by Gasteiger charge is 2.28. The van der Waals surface area contributed by atoms with Gasteiger partial charge in [0.05, 0.1) is 19.5 Å². The van der Waals surface area contributed by atoms with Crippen LogP contribution in [0.5, 0.6) is 0 Å². The molecule has 6 nitrogen and oxygen atoms in total. The summed E-state index contributed by atoms with van der Waals surface area (Å²) in [6.07, 6.45) is 1.27. The molecule has 0 fully saturated rings. The lowest BCUT2D eigenvalue weighted by Gasteiger charge is -2.30. The highest BCUT2D eigenvalue weighted by molar-refractivity contribution is 5.95. The number of halogens is 1. The van der Waals surface area contributed by atoms with Gasteiger partial charge in [-0.1, -0.05) is 42.5 Å². The Labute approximate surface area is 186 Å². The first kappa shape index (κ1) is 21.6. The van der Waals surface area contributed by atoms with Crippen LogP contribution in [-0.4, -0.2) is 33.7 Å². The zero-order valence-corrected chi connectivity index (χ0v) is 18.2. The lowest BCUT2D eigenvalue weighted by atomic mass is 10.0. The zero-order chi connectivity index (χ0) is 22.7. The number of hydrogen-bond acceptors (Lipinski definition) is 4. The molecule has 0 atom stereocenters. The second-order valence-electron chi connectivity index (χ2n) is 8.05. The SMILES string of the molecule is Cc1nc(CN(C)C(=O)Cc2ccccc2)nc2c1CCC(=O)N2Cc1ccc(F)cc1. The Morgan fingerprint density at radius 1 is 1.03 bits per heavy atom. The van der Waals surface area contributed by atoms with Gasteiger partial charge in [0.1, 0.15) is 17.5 Å². The Bertz CT molecular complexity index is 1130. The van der Waals surface area contributed by atoms with Crippen molar-refractivity contribution < 1.29 is 14.0 Å². The molecule has 2 heterocycles. The van der Waals surface area contributed by atoms with Gasteiger partial charge >= 0.3 is 0 Å². The first-order valence-corrected chi connectivity index (χ1v) is 10.6. The standard InChI is InChI=1S/C25H25FN4O2/c1-17-21-12-13-23(31)30(15-19-8-10-20(26)11-9-19)25(21)28-22(27-17)16-29(2)24(32)14-18-6-4-3-5-7-18/h3-11H,12-16H2,1-2H3. The average molecular weight is 432 g/mol. The maximum atomic E-state index is 13.3. The van der Waals surface area contributed by atoms with Crippen LogP contribution in [-0.2, 0) is 35.5 Å². The fraction of sp³-hybridized carbons (Fsp3) is 0.280. The molecule has 0 bridgehead atoms. The maximum absolute atomic E-state index is 13.3. The molecule has 0 radical (unpaired) electrons. The lowest BCUT2D eigenvalue weighted by Crippen LogP contribution is -2.37. The molecule has 0 aliphatic carbocycles. The molecule has 7 heteroatoms. The molecule has 0 saturated carbocycles. The van der Waals surface area contributed by atoms with Crippen LogP contribution in [0.25, 0.3) is 0 Å². The normalized spacial score (nSPS) is 13.1. The molecule has 164 valence electrons. The number of carbonyl (C=O) groups excluding carboxylic acids is 2. The largest absolute Gasteiger partial charge is 0.338 e. The molecule has 1 aromatic heterocycles. The monoisotopic (exact) mass is 432 g/mol. The van der Waals surface area contributed by atoms with Crippen LogP contribution in [0.2, 0.25) is 0 Å². The molecular weight excluding hydrogens is 407 g/mol. The predicted octanol–water partition coefficient (Wildman–Crippen LogP) is 3.60. The van der Waals surface area contributed by atoms with Gasteiger partial charge in [0.25, 0.3) is 0 Å². The maximum Gasteiger partial charge on any atom is 0.228 e. The van der Waals surface area contributed by atoms with Crippen molar-refractivity contribution in [2.45, 2.75) is 39.3 Å². The molecule has 2 aromatic carbocycles. The van der Waals surface area contributed by atoms with E-state index in [1.54, 1.807) is 29.0 Å². The van der Waals surface area contributed by atoms with Crippen molar-refractivity contribution in [3.63, 3.8) is 0 Å². The van der Waals surface area contributed by atoms with E-state index in [1.165, 1.54) is 12.1 Å². The van der Waals surface area contributed by atoms with Crippen molar-refractivity contribution >= 4 is 17.6 Å². The number of nitrogens with zero attached hydrogens (tertiary/aromatic N) is 4. The number of benzene rings is 2.